The van der Waals surface area contributed by atoms with Gasteiger partial charge in [-0.2, -0.15) is 13.2 Å². The maximum Gasteiger partial charge on any atom is 0.416 e. The van der Waals surface area contributed by atoms with E-state index in [1.807, 2.05) is 18.2 Å². The highest BCUT2D eigenvalue weighted by molar-refractivity contribution is 5.76. The molecule has 0 amide bonds. The van der Waals surface area contributed by atoms with Crippen molar-refractivity contribution < 1.29 is 17.6 Å². The van der Waals surface area contributed by atoms with Gasteiger partial charge in [-0.05, 0) is 42.3 Å². The maximum absolute atomic E-state index is 12.6. The summed E-state index contributed by atoms with van der Waals surface area (Å²) in [5.74, 6) is 1.46. The summed E-state index contributed by atoms with van der Waals surface area (Å²) in [6.45, 7) is 0. The Balaban J connectivity index is 1.49. The van der Waals surface area contributed by atoms with Crippen molar-refractivity contribution in [2.24, 2.45) is 0 Å². The van der Waals surface area contributed by atoms with Crippen molar-refractivity contribution in [3.8, 4) is 11.3 Å². The standard InChI is InChI=1S/C19H14F3N3O/c20-19(21,22)14-6-3-12(4-7-14)5-8-17-24-15-10-13(11-23-18(15)25-17)16-2-1-9-26-16/h1-4,6-7,9-11H,5,8H2,(H,23,24,25). The molecule has 3 heterocycles. The molecule has 0 aliphatic heterocycles. The number of nitrogens with one attached hydrogen (secondary N) is 1. The van der Waals surface area contributed by atoms with Crippen LogP contribution in [0.15, 0.2) is 59.3 Å². The van der Waals surface area contributed by atoms with E-state index in [0.29, 0.717) is 18.5 Å². The summed E-state index contributed by atoms with van der Waals surface area (Å²) >= 11 is 0. The fraction of sp³-hybridized carbons (Fsp3) is 0.158. The van der Waals surface area contributed by atoms with Gasteiger partial charge in [0.15, 0.2) is 5.65 Å². The minimum atomic E-state index is -4.31. The molecule has 0 unspecified atom stereocenters. The lowest BCUT2D eigenvalue weighted by Crippen LogP contribution is -2.04. The summed E-state index contributed by atoms with van der Waals surface area (Å²) in [5, 5.41) is 0. The molecule has 0 aliphatic rings. The van der Waals surface area contributed by atoms with Gasteiger partial charge in [0.1, 0.15) is 11.6 Å². The molecule has 0 bridgehead atoms. The quantitative estimate of drug-likeness (QED) is 0.558. The first-order chi connectivity index (χ1) is 12.5. The molecule has 0 spiro atoms. The monoisotopic (exact) mass is 357 g/mol. The molecule has 1 N–H and O–H groups in total. The van der Waals surface area contributed by atoms with Gasteiger partial charge in [0, 0.05) is 18.2 Å². The van der Waals surface area contributed by atoms with Gasteiger partial charge in [-0.1, -0.05) is 12.1 Å². The van der Waals surface area contributed by atoms with E-state index in [1.165, 1.54) is 12.1 Å². The Morgan fingerprint density at radius 3 is 2.54 bits per heavy atom. The van der Waals surface area contributed by atoms with Crippen LogP contribution in [-0.2, 0) is 19.0 Å². The number of aryl methyl sites for hydroxylation is 2. The number of benzene rings is 1. The predicted molar refractivity (Wildman–Crippen MR) is 90.4 cm³/mol. The topological polar surface area (TPSA) is 54.7 Å². The molecule has 0 saturated heterocycles. The number of H-pyrrole nitrogens is 1. The van der Waals surface area contributed by atoms with Crippen LogP contribution in [-0.4, -0.2) is 15.0 Å². The van der Waals surface area contributed by atoms with Gasteiger partial charge in [0.2, 0.25) is 0 Å². The van der Waals surface area contributed by atoms with Crippen LogP contribution in [0.3, 0.4) is 0 Å². The zero-order valence-corrected chi connectivity index (χ0v) is 13.5. The Hall–Kier alpha value is -3.09. The zero-order chi connectivity index (χ0) is 18.1. The van der Waals surface area contributed by atoms with Crippen LogP contribution < -0.4 is 0 Å². The number of fused-ring (bicyclic) bond motifs is 1. The summed E-state index contributed by atoms with van der Waals surface area (Å²) < 4.78 is 43.1. The molecule has 132 valence electrons. The maximum atomic E-state index is 12.6. The van der Waals surface area contributed by atoms with Crippen LogP contribution in [0.2, 0.25) is 0 Å². The van der Waals surface area contributed by atoms with Crippen LogP contribution in [0.1, 0.15) is 17.0 Å². The first-order valence-electron chi connectivity index (χ1n) is 8.04. The molecule has 1 aromatic carbocycles. The number of furan rings is 1. The van der Waals surface area contributed by atoms with E-state index >= 15 is 0 Å². The van der Waals surface area contributed by atoms with E-state index in [1.54, 1.807) is 12.5 Å². The Morgan fingerprint density at radius 1 is 1.04 bits per heavy atom. The Morgan fingerprint density at radius 2 is 1.85 bits per heavy atom. The molecule has 3 aromatic heterocycles. The molecule has 4 rings (SSSR count). The van der Waals surface area contributed by atoms with Gasteiger partial charge in [0.25, 0.3) is 0 Å². The summed E-state index contributed by atoms with van der Waals surface area (Å²) in [6.07, 6.45) is 0.152. The zero-order valence-electron chi connectivity index (χ0n) is 13.5. The second-order valence-electron chi connectivity index (χ2n) is 5.95. The van der Waals surface area contributed by atoms with Crippen molar-refractivity contribution in [2.75, 3.05) is 0 Å². The number of aromatic nitrogens is 3. The number of nitrogens with zero attached hydrogens (tertiary/aromatic N) is 2. The fourth-order valence-corrected chi connectivity index (χ4v) is 2.77. The summed E-state index contributed by atoms with van der Waals surface area (Å²) in [6, 6.07) is 10.8. The number of alkyl halides is 3. The van der Waals surface area contributed by atoms with Crippen LogP contribution in [0.4, 0.5) is 13.2 Å². The van der Waals surface area contributed by atoms with E-state index in [4.69, 9.17) is 4.42 Å². The van der Waals surface area contributed by atoms with E-state index in [-0.39, 0.29) is 0 Å². The highest BCUT2D eigenvalue weighted by Crippen LogP contribution is 2.29. The number of hydrogen-bond donors (Lipinski definition) is 1. The number of rotatable bonds is 4. The SMILES string of the molecule is FC(F)(F)c1ccc(CCc2nc3ncc(-c4ccco4)cc3[nH]2)cc1. The Bertz CT molecular complexity index is 1020. The van der Waals surface area contributed by atoms with E-state index in [0.717, 1.165) is 40.4 Å². The van der Waals surface area contributed by atoms with Gasteiger partial charge in [-0.3, -0.25) is 0 Å². The average molecular weight is 357 g/mol. The Kier molecular flexibility index (Phi) is 3.99. The summed E-state index contributed by atoms with van der Waals surface area (Å²) in [7, 11) is 0. The van der Waals surface area contributed by atoms with Crippen molar-refractivity contribution in [1.82, 2.24) is 15.0 Å². The molecule has 0 saturated carbocycles. The largest absolute Gasteiger partial charge is 0.464 e. The molecular formula is C19H14F3N3O. The van der Waals surface area contributed by atoms with Crippen molar-refractivity contribution in [1.29, 1.82) is 0 Å². The van der Waals surface area contributed by atoms with E-state index in [9.17, 15) is 13.2 Å². The lowest BCUT2D eigenvalue weighted by molar-refractivity contribution is -0.137. The number of halogens is 3. The van der Waals surface area contributed by atoms with E-state index in [2.05, 4.69) is 15.0 Å². The van der Waals surface area contributed by atoms with Gasteiger partial charge in [0.05, 0.1) is 17.3 Å². The molecular weight excluding hydrogens is 343 g/mol. The predicted octanol–water partition coefficient (Wildman–Crippen LogP) is 5.02. The molecule has 4 aromatic rings. The van der Waals surface area contributed by atoms with Gasteiger partial charge in [-0.15, -0.1) is 0 Å². The third kappa shape index (κ3) is 3.33. The third-order valence-electron chi connectivity index (χ3n) is 4.12. The average Bonchev–Trinajstić information content (AvgIpc) is 3.28. The normalized spacial score (nSPS) is 12.0. The second-order valence-corrected chi connectivity index (χ2v) is 5.95. The van der Waals surface area contributed by atoms with Gasteiger partial charge < -0.3 is 9.40 Å². The molecule has 0 radical (unpaired) electrons. The van der Waals surface area contributed by atoms with Crippen molar-refractivity contribution >= 4 is 11.2 Å². The highest BCUT2D eigenvalue weighted by atomic mass is 19.4. The first kappa shape index (κ1) is 16.4. The first-order valence-corrected chi connectivity index (χ1v) is 8.04. The third-order valence-corrected chi connectivity index (χ3v) is 4.12. The molecule has 7 heteroatoms. The highest BCUT2D eigenvalue weighted by Gasteiger charge is 2.29. The van der Waals surface area contributed by atoms with Crippen molar-refractivity contribution in [3.63, 3.8) is 0 Å². The van der Waals surface area contributed by atoms with Gasteiger partial charge >= 0.3 is 6.18 Å². The lowest BCUT2D eigenvalue weighted by Gasteiger charge is -2.07. The lowest BCUT2D eigenvalue weighted by atomic mass is 10.1. The molecule has 26 heavy (non-hydrogen) atoms. The van der Waals surface area contributed by atoms with Crippen molar-refractivity contribution in [3.05, 3.63) is 71.9 Å². The van der Waals surface area contributed by atoms with Crippen LogP contribution >= 0.6 is 0 Å². The number of pyridine rings is 1. The molecule has 4 nitrogen and oxygen atoms in total. The molecule has 0 aliphatic carbocycles. The minimum absolute atomic E-state index is 0.581. The number of imidazole rings is 1. The fourth-order valence-electron chi connectivity index (χ4n) is 2.77. The number of aromatic amines is 1. The van der Waals surface area contributed by atoms with Crippen LogP contribution in [0.25, 0.3) is 22.5 Å². The van der Waals surface area contributed by atoms with Crippen LogP contribution in [0, 0.1) is 0 Å². The summed E-state index contributed by atoms with van der Waals surface area (Å²) in [4.78, 5) is 12.0. The van der Waals surface area contributed by atoms with E-state index < -0.39 is 11.7 Å². The number of hydrogen-bond acceptors (Lipinski definition) is 3. The molecule has 0 fully saturated rings. The Labute approximate surface area is 146 Å². The van der Waals surface area contributed by atoms with Crippen LogP contribution in [0.5, 0.6) is 0 Å². The molecule has 0 atom stereocenters. The minimum Gasteiger partial charge on any atom is -0.464 e. The second kappa shape index (κ2) is 6.33. The van der Waals surface area contributed by atoms with Crippen molar-refractivity contribution in [2.45, 2.75) is 19.0 Å². The summed E-state index contributed by atoms with van der Waals surface area (Å²) in [5.41, 5.74) is 2.42. The smallest absolute Gasteiger partial charge is 0.416 e. The van der Waals surface area contributed by atoms with Gasteiger partial charge in [-0.25, -0.2) is 9.97 Å².